The normalized spacial score (nSPS) is 15.5. The minimum Gasteiger partial charge on any atom is -0.491 e. The van der Waals surface area contributed by atoms with Crippen LogP contribution >= 0.6 is 0 Å². The maximum absolute atomic E-state index is 11.8. The van der Waals surface area contributed by atoms with Crippen LogP contribution in [0.4, 0.5) is 5.69 Å². The number of rotatable bonds is 5. The van der Waals surface area contributed by atoms with Crippen molar-refractivity contribution in [3.63, 3.8) is 0 Å². The van der Waals surface area contributed by atoms with Gasteiger partial charge in [0, 0.05) is 23.5 Å². The van der Waals surface area contributed by atoms with E-state index in [4.69, 9.17) is 14.5 Å². The molecule has 1 aliphatic heterocycles. The van der Waals surface area contributed by atoms with Gasteiger partial charge in [-0.1, -0.05) is 0 Å². The molecule has 0 bridgehead atoms. The lowest BCUT2D eigenvalue weighted by Crippen LogP contribution is -2.21. The highest BCUT2D eigenvalue weighted by Gasteiger charge is 2.32. The summed E-state index contributed by atoms with van der Waals surface area (Å²) in [6.07, 6.45) is 6.13. The van der Waals surface area contributed by atoms with Gasteiger partial charge in [-0.2, -0.15) is 5.10 Å². The number of carbonyl (C=O) groups excluding carboxylic acids is 1. The van der Waals surface area contributed by atoms with E-state index in [9.17, 15) is 4.79 Å². The Hall–Kier alpha value is -3.42. The number of methoxy groups -OCH3 is 2. The van der Waals surface area contributed by atoms with Crippen LogP contribution in [-0.4, -0.2) is 40.7 Å². The van der Waals surface area contributed by atoms with E-state index in [1.807, 2.05) is 24.0 Å². The van der Waals surface area contributed by atoms with Crippen molar-refractivity contribution in [2.24, 2.45) is 0 Å². The SMILES string of the molecule is COc1cc(-c2nc3c(cc2C)C(C=O)N(c2cn[nH]c2)C3)cnc1OC. The van der Waals surface area contributed by atoms with Crippen LogP contribution in [0.2, 0.25) is 0 Å². The zero-order valence-corrected chi connectivity index (χ0v) is 15.3. The fourth-order valence-electron chi connectivity index (χ4n) is 3.44. The number of ether oxygens (including phenoxy) is 2. The first-order valence-electron chi connectivity index (χ1n) is 8.45. The Morgan fingerprint density at radius 2 is 2.11 bits per heavy atom. The van der Waals surface area contributed by atoms with Crippen molar-refractivity contribution < 1.29 is 14.3 Å². The van der Waals surface area contributed by atoms with E-state index in [0.717, 1.165) is 40.1 Å². The molecule has 4 heterocycles. The maximum atomic E-state index is 11.8. The lowest BCUT2D eigenvalue weighted by molar-refractivity contribution is -0.108. The number of carbonyl (C=O) groups is 1. The number of fused-ring (bicyclic) bond motifs is 1. The van der Waals surface area contributed by atoms with Crippen LogP contribution < -0.4 is 14.4 Å². The zero-order chi connectivity index (χ0) is 19.0. The van der Waals surface area contributed by atoms with Crippen LogP contribution in [0, 0.1) is 6.92 Å². The van der Waals surface area contributed by atoms with Crippen LogP contribution in [0.1, 0.15) is 22.9 Å². The van der Waals surface area contributed by atoms with E-state index in [0.29, 0.717) is 18.2 Å². The average molecular weight is 365 g/mol. The summed E-state index contributed by atoms with van der Waals surface area (Å²) >= 11 is 0. The van der Waals surface area contributed by atoms with Gasteiger partial charge in [0.1, 0.15) is 12.3 Å². The van der Waals surface area contributed by atoms with Gasteiger partial charge in [0.2, 0.25) is 0 Å². The minimum atomic E-state index is -0.374. The smallest absolute Gasteiger partial charge is 0.256 e. The molecule has 0 fully saturated rings. The molecule has 0 amide bonds. The summed E-state index contributed by atoms with van der Waals surface area (Å²) < 4.78 is 10.6. The number of H-pyrrole nitrogens is 1. The van der Waals surface area contributed by atoms with Crippen molar-refractivity contribution in [2.75, 3.05) is 19.1 Å². The van der Waals surface area contributed by atoms with Gasteiger partial charge >= 0.3 is 0 Å². The van der Waals surface area contributed by atoms with E-state index >= 15 is 0 Å². The Labute approximate surface area is 156 Å². The molecular weight excluding hydrogens is 346 g/mol. The summed E-state index contributed by atoms with van der Waals surface area (Å²) in [4.78, 5) is 22.9. The van der Waals surface area contributed by atoms with Gasteiger partial charge in [0.25, 0.3) is 5.88 Å². The Bertz CT molecular complexity index is 987. The number of nitrogens with one attached hydrogen (secondary N) is 1. The van der Waals surface area contributed by atoms with Gasteiger partial charge in [-0.05, 0) is 24.6 Å². The summed E-state index contributed by atoms with van der Waals surface area (Å²) in [5.74, 6) is 0.967. The molecular formula is C19H19N5O3. The van der Waals surface area contributed by atoms with E-state index in [-0.39, 0.29) is 6.04 Å². The molecule has 4 rings (SSSR count). The number of aromatic nitrogens is 4. The molecule has 1 aliphatic rings. The summed E-state index contributed by atoms with van der Waals surface area (Å²) in [5, 5.41) is 6.77. The van der Waals surface area contributed by atoms with Crippen molar-refractivity contribution in [1.29, 1.82) is 0 Å². The van der Waals surface area contributed by atoms with Gasteiger partial charge in [0.15, 0.2) is 5.75 Å². The van der Waals surface area contributed by atoms with Crippen LogP contribution in [0.25, 0.3) is 11.3 Å². The summed E-state index contributed by atoms with van der Waals surface area (Å²) in [7, 11) is 3.12. The molecule has 1 atom stereocenters. The van der Waals surface area contributed by atoms with E-state index in [2.05, 4.69) is 15.2 Å². The molecule has 27 heavy (non-hydrogen) atoms. The van der Waals surface area contributed by atoms with Gasteiger partial charge in [-0.3, -0.25) is 10.1 Å². The van der Waals surface area contributed by atoms with Crippen molar-refractivity contribution >= 4 is 12.0 Å². The van der Waals surface area contributed by atoms with E-state index in [1.54, 1.807) is 32.8 Å². The van der Waals surface area contributed by atoms with Crippen LogP contribution in [0.15, 0.2) is 30.7 Å². The molecule has 3 aromatic rings. The lowest BCUT2D eigenvalue weighted by Gasteiger charge is -2.20. The standard InChI is InChI=1S/C19H19N5O3/c1-11-4-14-15(9-24(16(14)10-25)13-7-21-22-8-13)23-18(11)12-5-17(26-2)19(27-3)20-6-12/h4-8,10,16H,9H2,1-3H3,(H,21,22). The third kappa shape index (κ3) is 2.79. The fraction of sp³-hybridized carbons (Fsp3) is 0.263. The van der Waals surface area contributed by atoms with E-state index < -0.39 is 0 Å². The molecule has 8 nitrogen and oxygen atoms in total. The molecule has 0 aliphatic carbocycles. The van der Waals surface area contributed by atoms with Crippen LogP contribution in [0.5, 0.6) is 11.6 Å². The molecule has 8 heteroatoms. The number of hydrogen-bond acceptors (Lipinski definition) is 7. The molecule has 138 valence electrons. The second kappa shape index (κ2) is 6.71. The Balaban J connectivity index is 1.77. The lowest BCUT2D eigenvalue weighted by atomic mass is 10.0. The molecule has 0 saturated carbocycles. The minimum absolute atomic E-state index is 0.374. The van der Waals surface area contributed by atoms with E-state index in [1.165, 1.54) is 0 Å². The predicted molar refractivity (Wildman–Crippen MR) is 98.9 cm³/mol. The van der Waals surface area contributed by atoms with Gasteiger partial charge < -0.3 is 19.2 Å². The Morgan fingerprint density at radius 3 is 2.78 bits per heavy atom. The first kappa shape index (κ1) is 17.0. The summed E-state index contributed by atoms with van der Waals surface area (Å²) in [6, 6.07) is 3.50. The van der Waals surface area contributed by atoms with Gasteiger partial charge in [0.05, 0.1) is 44.0 Å². The van der Waals surface area contributed by atoms with Gasteiger partial charge in [-0.15, -0.1) is 0 Å². The monoisotopic (exact) mass is 365 g/mol. The van der Waals surface area contributed by atoms with Crippen LogP contribution in [-0.2, 0) is 11.3 Å². The number of nitrogens with zero attached hydrogens (tertiary/aromatic N) is 4. The number of anilines is 1. The molecule has 0 saturated heterocycles. The molecule has 0 radical (unpaired) electrons. The van der Waals surface area contributed by atoms with Crippen molar-refractivity contribution in [2.45, 2.75) is 19.5 Å². The fourth-order valence-corrected chi connectivity index (χ4v) is 3.44. The third-order valence-corrected chi connectivity index (χ3v) is 4.75. The highest BCUT2D eigenvalue weighted by atomic mass is 16.5. The second-order valence-corrected chi connectivity index (χ2v) is 6.29. The molecule has 0 aromatic carbocycles. The molecule has 1 unspecified atom stereocenters. The first-order valence-corrected chi connectivity index (χ1v) is 8.45. The zero-order valence-electron chi connectivity index (χ0n) is 15.3. The first-order chi connectivity index (χ1) is 13.2. The summed E-state index contributed by atoms with van der Waals surface area (Å²) in [6.45, 7) is 2.51. The van der Waals surface area contributed by atoms with Crippen molar-refractivity contribution in [1.82, 2.24) is 20.2 Å². The maximum Gasteiger partial charge on any atom is 0.256 e. The largest absolute Gasteiger partial charge is 0.491 e. The van der Waals surface area contributed by atoms with Gasteiger partial charge in [-0.25, -0.2) is 4.98 Å². The highest BCUT2D eigenvalue weighted by molar-refractivity contribution is 5.74. The molecule has 0 spiro atoms. The summed E-state index contributed by atoms with van der Waals surface area (Å²) in [5.41, 5.74) is 5.24. The van der Waals surface area contributed by atoms with Crippen molar-refractivity contribution in [3.8, 4) is 22.9 Å². The molecule has 3 aromatic heterocycles. The number of aryl methyl sites for hydroxylation is 1. The Kier molecular flexibility index (Phi) is 4.23. The number of aromatic amines is 1. The predicted octanol–water partition coefficient (Wildman–Crippen LogP) is 2.45. The Morgan fingerprint density at radius 1 is 1.26 bits per heavy atom. The third-order valence-electron chi connectivity index (χ3n) is 4.75. The van der Waals surface area contributed by atoms with Crippen molar-refractivity contribution in [3.05, 3.63) is 47.5 Å². The quantitative estimate of drug-likeness (QED) is 0.694. The number of pyridine rings is 2. The van der Waals surface area contributed by atoms with Crippen LogP contribution in [0.3, 0.4) is 0 Å². The number of aldehydes is 1. The highest BCUT2D eigenvalue weighted by Crippen LogP contribution is 2.38. The average Bonchev–Trinajstić information content (AvgIpc) is 3.34. The number of hydrogen-bond donors (Lipinski definition) is 1. The molecule has 1 N–H and O–H groups in total. The topological polar surface area (TPSA) is 93.2 Å². The second-order valence-electron chi connectivity index (χ2n) is 6.29.